The fourth-order valence-electron chi connectivity index (χ4n) is 2.50. The molecule has 0 saturated heterocycles. The number of hydrogen-bond acceptors (Lipinski definition) is 3. The Hall–Kier alpha value is -2.23. The summed E-state index contributed by atoms with van der Waals surface area (Å²) in [4.78, 5) is 4.60. The lowest BCUT2D eigenvalue weighted by molar-refractivity contribution is 0.288. The van der Waals surface area contributed by atoms with Gasteiger partial charge in [-0.25, -0.2) is 0 Å². The van der Waals surface area contributed by atoms with Gasteiger partial charge in [-0.3, -0.25) is 4.98 Å². The standard InChI is InChI=1S/C21H19Cl2NO2/c22-12-16-6-1-3-10-20(16)25-14-18-8-5-9-19(24-18)15-26-21-11-4-2-7-17(21)13-23/h1-11H,12-15H2. The normalized spacial score (nSPS) is 10.5. The first-order valence-corrected chi connectivity index (χ1v) is 9.35. The summed E-state index contributed by atoms with van der Waals surface area (Å²) in [5.41, 5.74) is 3.60. The monoisotopic (exact) mass is 387 g/mol. The summed E-state index contributed by atoms with van der Waals surface area (Å²) in [7, 11) is 0. The van der Waals surface area contributed by atoms with Crippen LogP contribution in [0.4, 0.5) is 0 Å². The molecule has 0 unspecified atom stereocenters. The molecule has 0 N–H and O–H groups in total. The second-order valence-electron chi connectivity index (χ2n) is 5.68. The fraction of sp³-hybridized carbons (Fsp3) is 0.190. The molecule has 0 aliphatic carbocycles. The van der Waals surface area contributed by atoms with Crippen molar-refractivity contribution in [3.8, 4) is 11.5 Å². The van der Waals surface area contributed by atoms with E-state index in [0.29, 0.717) is 25.0 Å². The minimum Gasteiger partial charge on any atom is -0.487 e. The number of alkyl halides is 2. The van der Waals surface area contributed by atoms with Crippen LogP contribution in [-0.4, -0.2) is 4.98 Å². The maximum atomic E-state index is 5.94. The van der Waals surface area contributed by atoms with Gasteiger partial charge < -0.3 is 9.47 Å². The van der Waals surface area contributed by atoms with E-state index >= 15 is 0 Å². The second kappa shape index (κ2) is 9.46. The van der Waals surface area contributed by atoms with Gasteiger partial charge in [-0.05, 0) is 24.3 Å². The van der Waals surface area contributed by atoms with Crippen LogP contribution in [-0.2, 0) is 25.0 Å². The smallest absolute Gasteiger partial charge is 0.130 e. The lowest BCUT2D eigenvalue weighted by atomic mass is 10.2. The maximum Gasteiger partial charge on any atom is 0.130 e. The zero-order valence-electron chi connectivity index (χ0n) is 14.2. The number of nitrogens with zero attached hydrogens (tertiary/aromatic N) is 1. The molecule has 5 heteroatoms. The van der Waals surface area contributed by atoms with E-state index < -0.39 is 0 Å². The Morgan fingerprint density at radius 3 is 1.54 bits per heavy atom. The van der Waals surface area contributed by atoms with E-state index in [0.717, 1.165) is 34.0 Å². The van der Waals surface area contributed by atoms with Gasteiger partial charge in [-0.1, -0.05) is 42.5 Å². The highest BCUT2D eigenvalue weighted by Crippen LogP contribution is 2.22. The molecule has 0 aliphatic rings. The Morgan fingerprint density at radius 1 is 0.615 bits per heavy atom. The van der Waals surface area contributed by atoms with Crippen molar-refractivity contribution >= 4 is 23.2 Å². The molecule has 134 valence electrons. The van der Waals surface area contributed by atoms with E-state index in [-0.39, 0.29) is 0 Å². The highest BCUT2D eigenvalue weighted by Gasteiger charge is 2.06. The molecule has 0 spiro atoms. The molecule has 1 heterocycles. The summed E-state index contributed by atoms with van der Waals surface area (Å²) in [6.07, 6.45) is 0. The van der Waals surface area contributed by atoms with Gasteiger partial charge in [0, 0.05) is 11.1 Å². The number of pyridine rings is 1. The number of halogens is 2. The fourth-order valence-corrected chi connectivity index (χ4v) is 2.95. The molecule has 3 nitrogen and oxygen atoms in total. The van der Waals surface area contributed by atoms with E-state index in [1.807, 2.05) is 66.7 Å². The quantitative estimate of drug-likeness (QED) is 0.463. The minimum absolute atomic E-state index is 0.375. The van der Waals surface area contributed by atoms with E-state index in [4.69, 9.17) is 32.7 Å². The van der Waals surface area contributed by atoms with Crippen molar-refractivity contribution in [2.24, 2.45) is 0 Å². The Morgan fingerprint density at radius 2 is 1.08 bits per heavy atom. The molecule has 0 atom stereocenters. The average Bonchev–Trinajstić information content (AvgIpc) is 2.71. The van der Waals surface area contributed by atoms with Gasteiger partial charge in [0.05, 0.1) is 23.1 Å². The van der Waals surface area contributed by atoms with Crippen LogP contribution in [0.5, 0.6) is 11.5 Å². The zero-order valence-corrected chi connectivity index (χ0v) is 15.7. The summed E-state index contributed by atoms with van der Waals surface area (Å²) < 4.78 is 11.7. The van der Waals surface area contributed by atoms with E-state index in [1.54, 1.807) is 0 Å². The van der Waals surface area contributed by atoms with Crippen molar-refractivity contribution in [2.45, 2.75) is 25.0 Å². The van der Waals surface area contributed by atoms with Gasteiger partial charge in [0.1, 0.15) is 24.7 Å². The van der Waals surface area contributed by atoms with E-state index in [1.165, 1.54) is 0 Å². The number of rotatable bonds is 8. The third kappa shape index (κ3) is 4.90. The summed E-state index contributed by atoms with van der Waals surface area (Å²) >= 11 is 11.9. The van der Waals surface area contributed by atoms with Crippen LogP contribution >= 0.6 is 23.2 Å². The Labute approximate surface area is 163 Å². The zero-order chi connectivity index (χ0) is 18.2. The predicted octanol–water partition coefficient (Wildman–Crippen LogP) is 5.72. The molecular weight excluding hydrogens is 369 g/mol. The SMILES string of the molecule is ClCc1ccccc1OCc1cccc(COc2ccccc2CCl)n1. The maximum absolute atomic E-state index is 5.94. The highest BCUT2D eigenvalue weighted by molar-refractivity contribution is 6.17. The van der Waals surface area contributed by atoms with Gasteiger partial charge in [-0.2, -0.15) is 0 Å². The van der Waals surface area contributed by atoms with Gasteiger partial charge in [0.15, 0.2) is 0 Å². The first-order valence-electron chi connectivity index (χ1n) is 8.28. The van der Waals surface area contributed by atoms with Crippen molar-refractivity contribution in [1.29, 1.82) is 0 Å². The molecule has 0 fully saturated rings. The van der Waals surface area contributed by atoms with Crippen molar-refractivity contribution in [2.75, 3.05) is 0 Å². The molecule has 3 aromatic rings. The summed E-state index contributed by atoms with van der Waals surface area (Å²) in [6, 6.07) is 21.3. The van der Waals surface area contributed by atoms with Crippen LogP contribution in [0.3, 0.4) is 0 Å². The third-order valence-corrected chi connectivity index (χ3v) is 4.42. The summed E-state index contributed by atoms with van der Waals surface area (Å²) in [5.74, 6) is 2.39. The number of benzene rings is 2. The van der Waals surface area contributed by atoms with Gasteiger partial charge >= 0.3 is 0 Å². The molecule has 3 rings (SSSR count). The summed E-state index contributed by atoms with van der Waals surface area (Å²) in [5, 5.41) is 0. The summed E-state index contributed by atoms with van der Waals surface area (Å²) in [6.45, 7) is 0.750. The molecule has 0 radical (unpaired) electrons. The first-order chi connectivity index (χ1) is 12.8. The van der Waals surface area contributed by atoms with Crippen LogP contribution in [0.25, 0.3) is 0 Å². The minimum atomic E-state index is 0.375. The van der Waals surface area contributed by atoms with E-state index in [2.05, 4.69) is 4.98 Å². The molecular formula is C21H19Cl2NO2. The first kappa shape index (κ1) is 18.6. The van der Waals surface area contributed by atoms with Crippen molar-refractivity contribution in [3.05, 3.63) is 89.2 Å². The second-order valence-corrected chi connectivity index (χ2v) is 6.21. The van der Waals surface area contributed by atoms with Crippen LogP contribution in [0.2, 0.25) is 0 Å². The van der Waals surface area contributed by atoms with Crippen LogP contribution in [0, 0.1) is 0 Å². The Kier molecular flexibility index (Phi) is 6.75. The molecule has 26 heavy (non-hydrogen) atoms. The van der Waals surface area contributed by atoms with Gasteiger partial charge in [0.25, 0.3) is 0 Å². The molecule has 0 amide bonds. The van der Waals surface area contributed by atoms with Crippen LogP contribution in [0.15, 0.2) is 66.7 Å². The molecule has 1 aromatic heterocycles. The Balaban J connectivity index is 1.63. The average molecular weight is 388 g/mol. The Bertz CT molecular complexity index is 788. The number of para-hydroxylation sites is 2. The molecule has 2 aromatic carbocycles. The van der Waals surface area contributed by atoms with Crippen LogP contribution in [0.1, 0.15) is 22.5 Å². The molecule has 0 bridgehead atoms. The third-order valence-electron chi connectivity index (χ3n) is 3.85. The largest absolute Gasteiger partial charge is 0.487 e. The highest BCUT2D eigenvalue weighted by atomic mass is 35.5. The van der Waals surface area contributed by atoms with E-state index in [9.17, 15) is 0 Å². The van der Waals surface area contributed by atoms with Crippen molar-refractivity contribution in [1.82, 2.24) is 4.98 Å². The lowest BCUT2D eigenvalue weighted by Crippen LogP contribution is -2.04. The van der Waals surface area contributed by atoms with Gasteiger partial charge in [0.2, 0.25) is 0 Å². The number of ether oxygens (including phenoxy) is 2. The van der Waals surface area contributed by atoms with Crippen molar-refractivity contribution < 1.29 is 9.47 Å². The number of aromatic nitrogens is 1. The lowest BCUT2D eigenvalue weighted by Gasteiger charge is -2.11. The van der Waals surface area contributed by atoms with Crippen LogP contribution < -0.4 is 9.47 Å². The number of hydrogen-bond donors (Lipinski definition) is 0. The van der Waals surface area contributed by atoms with Crippen molar-refractivity contribution in [3.63, 3.8) is 0 Å². The molecule has 0 aliphatic heterocycles. The predicted molar refractivity (Wildman–Crippen MR) is 105 cm³/mol. The van der Waals surface area contributed by atoms with Gasteiger partial charge in [-0.15, -0.1) is 23.2 Å². The molecule has 0 saturated carbocycles. The topological polar surface area (TPSA) is 31.4 Å².